The molecule has 0 saturated heterocycles. The molecule has 2 rings (SSSR count). The molecule has 0 bridgehead atoms. The first-order valence-corrected chi connectivity index (χ1v) is 9.11. The molecule has 140 valence electrons. The minimum absolute atomic E-state index is 0.205. The van der Waals surface area contributed by atoms with Crippen LogP contribution in [0.2, 0.25) is 0 Å². The van der Waals surface area contributed by atoms with E-state index >= 15 is 0 Å². The Balaban J connectivity index is 1.96. The molecule has 0 saturated carbocycles. The highest BCUT2D eigenvalue weighted by Gasteiger charge is 2.20. The minimum atomic E-state index is -0.757. The number of carbonyl (C=O) groups is 2. The van der Waals surface area contributed by atoms with Gasteiger partial charge in [-0.1, -0.05) is 20.8 Å². The molecule has 0 radical (unpaired) electrons. The van der Waals surface area contributed by atoms with Gasteiger partial charge in [-0.25, -0.2) is 13.8 Å². The fourth-order valence-electron chi connectivity index (χ4n) is 2.30. The van der Waals surface area contributed by atoms with Crippen molar-refractivity contribution >= 4 is 28.3 Å². The van der Waals surface area contributed by atoms with E-state index in [2.05, 4.69) is 15.6 Å². The van der Waals surface area contributed by atoms with Crippen molar-refractivity contribution in [1.29, 1.82) is 0 Å². The van der Waals surface area contributed by atoms with E-state index in [-0.39, 0.29) is 17.9 Å². The van der Waals surface area contributed by atoms with Gasteiger partial charge >= 0.3 is 0 Å². The van der Waals surface area contributed by atoms with Crippen LogP contribution in [0.1, 0.15) is 43.6 Å². The summed E-state index contributed by atoms with van der Waals surface area (Å²) >= 11 is 1.38. The maximum Gasteiger partial charge on any atom is 0.248 e. The summed E-state index contributed by atoms with van der Waals surface area (Å²) in [4.78, 5) is 29.6. The van der Waals surface area contributed by atoms with Crippen molar-refractivity contribution in [3.8, 4) is 0 Å². The van der Waals surface area contributed by atoms with Gasteiger partial charge in [0.15, 0.2) is 5.13 Å². The van der Waals surface area contributed by atoms with Crippen LogP contribution in [0, 0.1) is 11.6 Å². The third kappa shape index (κ3) is 5.59. The van der Waals surface area contributed by atoms with Crippen molar-refractivity contribution in [3.63, 3.8) is 0 Å². The third-order valence-corrected chi connectivity index (χ3v) is 4.88. The van der Waals surface area contributed by atoms with Crippen molar-refractivity contribution in [3.05, 3.63) is 46.5 Å². The zero-order chi connectivity index (χ0) is 19.3. The molecule has 26 heavy (non-hydrogen) atoms. The predicted molar refractivity (Wildman–Crippen MR) is 97.1 cm³/mol. The summed E-state index contributed by atoms with van der Waals surface area (Å²) in [7, 11) is 0. The Labute approximate surface area is 154 Å². The lowest BCUT2D eigenvalue weighted by Gasteiger charge is -2.16. The first-order valence-electron chi connectivity index (χ1n) is 8.29. The van der Waals surface area contributed by atoms with Gasteiger partial charge in [-0.2, -0.15) is 0 Å². The van der Waals surface area contributed by atoms with Gasteiger partial charge in [-0.05, 0) is 30.0 Å². The van der Waals surface area contributed by atoms with Crippen molar-refractivity contribution < 1.29 is 18.4 Å². The monoisotopic (exact) mass is 381 g/mol. The van der Waals surface area contributed by atoms with Gasteiger partial charge in [0.05, 0.1) is 6.42 Å². The molecule has 0 aliphatic carbocycles. The number of thiazole rings is 1. The molecule has 2 aromatic rings. The van der Waals surface area contributed by atoms with Crippen LogP contribution in [-0.2, 0) is 16.0 Å². The number of hydrogen-bond acceptors (Lipinski definition) is 4. The zero-order valence-electron chi connectivity index (χ0n) is 14.8. The molecule has 0 fully saturated rings. The molecule has 5 nitrogen and oxygen atoms in total. The predicted octanol–water partition coefficient (Wildman–Crippen LogP) is 3.62. The molecule has 0 unspecified atom stereocenters. The Hall–Kier alpha value is -2.35. The number of nitrogens with one attached hydrogen (secondary N) is 2. The molecule has 2 amide bonds. The molecule has 1 aromatic carbocycles. The largest absolute Gasteiger partial charge is 0.344 e. The lowest BCUT2D eigenvalue weighted by atomic mass is 10.1. The maximum absolute atomic E-state index is 13.2. The molecule has 2 N–H and O–H groups in total. The van der Waals surface area contributed by atoms with E-state index < -0.39 is 23.6 Å². The van der Waals surface area contributed by atoms with Crippen LogP contribution in [0.25, 0.3) is 0 Å². The Morgan fingerprint density at radius 2 is 1.85 bits per heavy atom. The normalized spacial score (nSPS) is 12.1. The van der Waals surface area contributed by atoms with E-state index in [1.807, 2.05) is 13.8 Å². The first-order chi connectivity index (χ1) is 12.3. The summed E-state index contributed by atoms with van der Waals surface area (Å²) in [6.45, 7) is 5.82. The number of amides is 2. The van der Waals surface area contributed by atoms with E-state index in [1.165, 1.54) is 11.3 Å². The lowest BCUT2D eigenvalue weighted by Crippen LogP contribution is -2.44. The number of benzene rings is 1. The number of nitrogens with zero attached hydrogens (tertiary/aromatic N) is 1. The highest BCUT2D eigenvalue weighted by molar-refractivity contribution is 7.15. The zero-order valence-corrected chi connectivity index (χ0v) is 15.6. The minimum Gasteiger partial charge on any atom is -0.344 e. The smallest absolute Gasteiger partial charge is 0.248 e. The van der Waals surface area contributed by atoms with Crippen LogP contribution in [0.5, 0.6) is 0 Å². The van der Waals surface area contributed by atoms with Gasteiger partial charge in [-0.15, -0.1) is 11.3 Å². The molecule has 0 aliphatic heterocycles. The second kappa shape index (κ2) is 8.84. The number of hydrogen-bond donors (Lipinski definition) is 2. The van der Waals surface area contributed by atoms with Crippen LogP contribution in [0.4, 0.5) is 13.9 Å². The molecule has 0 aliphatic rings. The molecular formula is C18H21F2N3O2S. The van der Waals surface area contributed by atoms with Gasteiger partial charge in [0, 0.05) is 17.1 Å². The highest BCUT2D eigenvalue weighted by atomic mass is 32.1. The molecular weight excluding hydrogens is 360 g/mol. The van der Waals surface area contributed by atoms with Gasteiger partial charge in [0.25, 0.3) is 0 Å². The SMILES string of the molecule is CC[C@H](NC(=O)Cc1cc(F)cc(F)c1)C(=O)Nc1ncc(C(C)C)s1. The molecule has 1 heterocycles. The standard InChI is InChI=1S/C18H21F2N3O2S/c1-4-14(17(25)23-18-21-9-15(26-18)10(2)3)22-16(24)7-11-5-12(19)8-13(20)6-11/h5-6,8-10,14H,4,7H2,1-3H3,(H,22,24)(H,21,23,25)/t14-/m0/s1. The van der Waals surface area contributed by atoms with E-state index in [0.717, 1.165) is 23.1 Å². The number of halogens is 2. The van der Waals surface area contributed by atoms with Gasteiger partial charge in [0.2, 0.25) is 11.8 Å². The average Bonchev–Trinajstić information content (AvgIpc) is 3.00. The van der Waals surface area contributed by atoms with E-state index in [9.17, 15) is 18.4 Å². The van der Waals surface area contributed by atoms with Crippen LogP contribution in [0.3, 0.4) is 0 Å². The number of carbonyl (C=O) groups excluding carboxylic acids is 2. The summed E-state index contributed by atoms with van der Waals surface area (Å²) in [6, 6.07) is 2.16. The lowest BCUT2D eigenvalue weighted by molar-refractivity contribution is -0.126. The Bertz CT molecular complexity index is 772. The summed E-state index contributed by atoms with van der Waals surface area (Å²) in [5, 5.41) is 5.74. The Morgan fingerprint density at radius 1 is 1.19 bits per heavy atom. The third-order valence-electron chi connectivity index (χ3n) is 3.67. The van der Waals surface area contributed by atoms with Crippen molar-refractivity contribution in [1.82, 2.24) is 10.3 Å². The van der Waals surface area contributed by atoms with Gasteiger partial charge < -0.3 is 10.6 Å². The first kappa shape index (κ1) is 20.0. The highest BCUT2D eigenvalue weighted by Crippen LogP contribution is 2.25. The van der Waals surface area contributed by atoms with Gasteiger partial charge in [-0.3, -0.25) is 9.59 Å². The average molecular weight is 381 g/mol. The summed E-state index contributed by atoms with van der Waals surface area (Å²) < 4.78 is 26.4. The van der Waals surface area contributed by atoms with E-state index in [4.69, 9.17) is 0 Å². The number of anilines is 1. The quantitative estimate of drug-likeness (QED) is 0.770. The summed E-state index contributed by atoms with van der Waals surface area (Å²) in [5.74, 6) is -2.05. The van der Waals surface area contributed by atoms with Crippen LogP contribution < -0.4 is 10.6 Å². The van der Waals surface area contributed by atoms with Crippen LogP contribution in [0.15, 0.2) is 24.4 Å². The fourth-order valence-corrected chi connectivity index (χ4v) is 3.12. The van der Waals surface area contributed by atoms with Crippen molar-refractivity contribution in [2.45, 2.75) is 45.6 Å². The van der Waals surface area contributed by atoms with Crippen LogP contribution in [-0.4, -0.2) is 22.8 Å². The second-order valence-electron chi connectivity index (χ2n) is 6.19. The van der Waals surface area contributed by atoms with Gasteiger partial charge in [0.1, 0.15) is 17.7 Å². The summed E-state index contributed by atoms with van der Waals surface area (Å²) in [6.07, 6.45) is 1.87. The van der Waals surface area contributed by atoms with E-state index in [1.54, 1.807) is 13.1 Å². The Morgan fingerprint density at radius 3 is 2.38 bits per heavy atom. The molecule has 8 heteroatoms. The van der Waals surface area contributed by atoms with Crippen LogP contribution >= 0.6 is 11.3 Å². The van der Waals surface area contributed by atoms with Crippen molar-refractivity contribution in [2.24, 2.45) is 0 Å². The fraction of sp³-hybridized carbons (Fsp3) is 0.389. The Kier molecular flexibility index (Phi) is 6.79. The summed E-state index contributed by atoms with van der Waals surface area (Å²) in [5.41, 5.74) is 0.205. The molecule has 0 spiro atoms. The maximum atomic E-state index is 13.2. The molecule has 1 atom stereocenters. The van der Waals surface area contributed by atoms with Crippen molar-refractivity contribution in [2.75, 3.05) is 5.32 Å². The number of rotatable bonds is 7. The van der Waals surface area contributed by atoms with E-state index in [0.29, 0.717) is 17.5 Å². The second-order valence-corrected chi connectivity index (χ2v) is 7.26. The molecule has 1 aromatic heterocycles. The topological polar surface area (TPSA) is 71.1 Å². The number of aromatic nitrogens is 1.